The predicted octanol–water partition coefficient (Wildman–Crippen LogP) is 1.48. The molecule has 1 atom stereocenters. The number of carboxylic acids is 1. The lowest BCUT2D eigenvalue weighted by molar-refractivity contribution is -0.138. The highest BCUT2D eigenvalue weighted by molar-refractivity contribution is 6.35. The van der Waals surface area contributed by atoms with Crippen LogP contribution < -0.4 is 5.73 Å². The minimum absolute atomic E-state index is 0.0312. The van der Waals surface area contributed by atoms with Gasteiger partial charge in [0.1, 0.15) is 6.04 Å². The highest BCUT2D eigenvalue weighted by Gasteiger charge is 2.11. The number of carbonyl (C=O) groups is 2. The van der Waals surface area contributed by atoms with Crippen molar-refractivity contribution in [3.63, 3.8) is 0 Å². The van der Waals surface area contributed by atoms with Gasteiger partial charge in [-0.05, 0) is 12.3 Å². The summed E-state index contributed by atoms with van der Waals surface area (Å²) in [6.07, 6.45) is 0.551. The fourth-order valence-electron chi connectivity index (χ4n) is 0.644. The average Bonchev–Trinajstić information content (AvgIpc) is 2.16. The van der Waals surface area contributed by atoms with Crippen molar-refractivity contribution < 1.29 is 14.7 Å². The van der Waals surface area contributed by atoms with Gasteiger partial charge in [-0.15, -0.1) is 23.2 Å². The zero-order chi connectivity index (χ0) is 12.4. The van der Waals surface area contributed by atoms with Crippen LogP contribution in [0.4, 0.5) is 0 Å². The Morgan fingerprint density at radius 1 is 1.27 bits per heavy atom. The standard InChI is InChI=1S/C6H13NO2.C3H4Cl2O/c1-4(2)3-5(7)6(8)9;4-1-3(6)2-5/h4-5H,3,7H2,1-2H3,(H,8,9);1-2H2. The first-order valence-electron chi connectivity index (χ1n) is 4.47. The number of alkyl halides is 2. The first-order valence-corrected chi connectivity index (χ1v) is 5.54. The van der Waals surface area contributed by atoms with Crippen LogP contribution in [0.5, 0.6) is 0 Å². The fraction of sp³-hybridized carbons (Fsp3) is 0.778. The molecule has 3 N–H and O–H groups in total. The van der Waals surface area contributed by atoms with Crippen molar-refractivity contribution in [2.45, 2.75) is 26.3 Å². The second-order valence-corrected chi connectivity index (χ2v) is 3.91. The molecule has 4 nitrogen and oxygen atoms in total. The number of rotatable bonds is 5. The third-order valence-corrected chi connectivity index (χ3v) is 1.94. The molecule has 0 rings (SSSR count). The molecule has 6 heteroatoms. The Labute approximate surface area is 99.7 Å². The van der Waals surface area contributed by atoms with Gasteiger partial charge < -0.3 is 10.8 Å². The molecule has 0 aliphatic carbocycles. The van der Waals surface area contributed by atoms with Crippen LogP contribution in [-0.4, -0.2) is 34.7 Å². The number of hydrogen-bond acceptors (Lipinski definition) is 3. The van der Waals surface area contributed by atoms with E-state index in [-0.39, 0.29) is 17.5 Å². The average molecular weight is 258 g/mol. The Bertz CT molecular complexity index is 192. The maximum absolute atomic E-state index is 10.1. The molecule has 0 aliphatic rings. The first-order chi connectivity index (χ1) is 6.84. The summed E-state index contributed by atoms with van der Waals surface area (Å²) in [4.78, 5) is 20.0. The minimum atomic E-state index is -0.913. The third kappa shape index (κ3) is 13.7. The van der Waals surface area contributed by atoms with Gasteiger partial charge in [0.25, 0.3) is 0 Å². The molecule has 0 aliphatic heterocycles. The van der Waals surface area contributed by atoms with Crippen LogP contribution in [0.2, 0.25) is 0 Å². The molecule has 0 saturated heterocycles. The number of carbonyl (C=O) groups excluding carboxylic acids is 1. The summed E-state index contributed by atoms with van der Waals surface area (Å²) in [5.41, 5.74) is 5.22. The van der Waals surface area contributed by atoms with Crippen LogP contribution in [0.1, 0.15) is 20.3 Å². The number of carboxylic acid groups (broad SMARTS) is 1. The first kappa shape index (κ1) is 17.1. The summed E-state index contributed by atoms with van der Waals surface area (Å²) in [5, 5.41) is 8.31. The van der Waals surface area contributed by atoms with E-state index in [9.17, 15) is 9.59 Å². The van der Waals surface area contributed by atoms with Gasteiger partial charge in [-0.25, -0.2) is 0 Å². The number of aliphatic carboxylic acids is 1. The van der Waals surface area contributed by atoms with Crippen molar-refractivity contribution in [2.75, 3.05) is 11.8 Å². The van der Waals surface area contributed by atoms with Crippen molar-refractivity contribution in [2.24, 2.45) is 11.7 Å². The quantitative estimate of drug-likeness (QED) is 0.732. The van der Waals surface area contributed by atoms with Gasteiger partial charge in [-0.2, -0.15) is 0 Å². The van der Waals surface area contributed by atoms with Gasteiger partial charge in [-0.1, -0.05) is 13.8 Å². The molecule has 0 spiro atoms. The van der Waals surface area contributed by atoms with Crippen molar-refractivity contribution in [1.29, 1.82) is 0 Å². The minimum Gasteiger partial charge on any atom is -0.480 e. The zero-order valence-electron chi connectivity index (χ0n) is 8.87. The molecule has 0 bridgehead atoms. The Morgan fingerprint density at radius 2 is 1.67 bits per heavy atom. The largest absolute Gasteiger partial charge is 0.480 e. The Balaban J connectivity index is 0. The Hall–Kier alpha value is -0.320. The monoisotopic (exact) mass is 257 g/mol. The van der Waals surface area contributed by atoms with Gasteiger partial charge in [0.15, 0.2) is 5.78 Å². The van der Waals surface area contributed by atoms with Gasteiger partial charge in [0.05, 0.1) is 11.8 Å². The van der Waals surface area contributed by atoms with Gasteiger partial charge >= 0.3 is 5.97 Å². The summed E-state index contributed by atoms with van der Waals surface area (Å²) in [7, 11) is 0. The predicted molar refractivity (Wildman–Crippen MR) is 61.5 cm³/mol. The van der Waals surface area contributed by atoms with Crippen molar-refractivity contribution in [3.05, 3.63) is 0 Å². The van der Waals surface area contributed by atoms with E-state index in [2.05, 4.69) is 0 Å². The van der Waals surface area contributed by atoms with Crippen molar-refractivity contribution >= 4 is 35.0 Å². The molecule has 0 amide bonds. The molecule has 90 valence electrons. The fourth-order valence-corrected chi connectivity index (χ4v) is 0.930. The van der Waals surface area contributed by atoms with Crippen LogP contribution in [0, 0.1) is 5.92 Å². The molecule has 0 aromatic carbocycles. The number of ketones is 1. The van der Waals surface area contributed by atoms with Crippen molar-refractivity contribution in [3.8, 4) is 0 Å². The normalized spacial score (nSPS) is 11.6. The molecule has 1 unspecified atom stereocenters. The van der Waals surface area contributed by atoms with E-state index < -0.39 is 12.0 Å². The molecular formula is C9H17Cl2NO3. The smallest absolute Gasteiger partial charge is 0.320 e. The number of hydrogen-bond donors (Lipinski definition) is 2. The highest BCUT2D eigenvalue weighted by Crippen LogP contribution is 2.01. The second kappa shape index (κ2) is 10.2. The van der Waals surface area contributed by atoms with E-state index >= 15 is 0 Å². The Morgan fingerprint density at radius 3 is 1.73 bits per heavy atom. The summed E-state index contributed by atoms with van der Waals surface area (Å²) in [5.74, 6) is -0.620. The van der Waals surface area contributed by atoms with Gasteiger partial charge in [0, 0.05) is 0 Å². The van der Waals surface area contributed by atoms with E-state index in [4.69, 9.17) is 34.0 Å². The van der Waals surface area contributed by atoms with Crippen LogP contribution in [0.15, 0.2) is 0 Å². The molecule has 0 saturated carbocycles. The lowest BCUT2D eigenvalue weighted by Crippen LogP contribution is -2.31. The van der Waals surface area contributed by atoms with Crippen LogP contribution in [0.3, 0.4) is 0 Å². The van der Waals surface area contributed by atoms with Crippen LogP contribution in [-0.2, 0) is 9.59 Å². The van der Waals surface area contributed by atoms with Crippen LogP contribution in [0.25, 0.3) is 0 Å². The summed E-state index contributed by atoms with van der Waals surface area (Å²) < 4.78 is 0. The number of Topliss-reactive ketones (excluding diaryl/α,β-unsaturated/α-hetero) is 1. The molecule has 0 fully saturated rings. The van der Waals surface area contributed by atoms with Gasteiger partial charge in [0.2, 0.25) is 0 Å². The van der Waals surface area contributed by atoms with Gasteiger partial charge in [-0.3, -0.25) is 9.59 Å². The van der Waals surface area contributed by atoms with E-state index in [1.54, 1.807) is 0 Å². The topological polar surface area (TPSA) is 80.4 Å². The SMILES string of the molecule is CC(C)CC(N)C(=O)O.O=C(CCl)CCl. The highest BCUT2D eigenvalue weighted by atomic mass is 35.5. The summed E-state index contributed by atoms with van der Waals surface area (Å²) in [6, 6.07) is -0.690. The van der Waals surface area contributed by atoms with Crippen LogP contribution >= 0.6 is 23.2 Å². The molecular weight excluding hydrogens is 241 g/mol. The molecule has 15 heavy (non-hydrogen) atoms. The summed E-state index contributed by atoms with van der Waals surface area (Å²) in [6.45, 7) is 3.89. The third-order valence-electron chi connectivity index (χ3n) is 1.34. The summed E-state index contributed by atoms with van der Waals surface area (Å²) >= 11 is 10.0. The van der Waals surface area contributed by atoms with E-state index in [1.165, 1.54) is 0 Å². The maximum Gasteiger partial charge on any atom is 0.320 e. The Kier molecular flexibility index (Phi) is 11.6. The zero-order valence-corrected chi connectivity index (χ0v) is 10.4. The molecule has 0 heterocycles. The number of nitrogens with two attached hydrogens (primary N) is 1. The number of halogens is 2. The van der Waals surface area contributed by atoms with Crippen molar-refractivity contribution in [1.82, 2.24) is 0 Å². The molecule has 0 radical (unpaired) electrons. The van der Waals surface area contributed by atoms with E-state index in [0.29, 0.717) is 12.3 Å². The van der Waals surface area contributed by atoms with E-state index in [0.717, 1.165) is 0 Å². The second-order valence-electron chi connectivity index (χ2n) is 3.38. The molecule has 0 aromatic heterocycles. The lowest BCUT2D eigenvalue weighted by atomic mass is 10.1. The lowest BCUT2D eigenvalue weighted by Gasteiger charge is -2.07. The maximum atomic E-state index is 10.1. The molecule has 0 aromatic rings. The van der Waals surface area contributed by atoms with E-state index in [1.807, 2.05) is 13.8 Å².